The molecule has 1 aliphatic heterocycles. The fraction of sp³-hybridized carbons (Fsp3) is 1.00. The van der Waals surface area contributed by atoms with Crippen molar-refractivity contribution < 1.29 is 18.9 Å². The van der Waals surface area contributed by atoms with E-state index in [2.05, 4.69) is 0 Å². The Bertz CT molecular complexity index is 37.4. The Morgan fingerprint density at radius 2 is 1.00 bits per heavy atom. The third kappa shape index (κ3) is 3.42. The molecular weight excluding hydrogens is 124 g/mol. The molecule has 54 valence electrons. The molecule has 1 fully saturated rings. The lowest BCUT2D eigenvalue weighted by atomic mass is 10.8. The first kappa shape index (κ1) is 6.95. The molecule has 4 heteroatoms. The van der Waals surface area contributed by atoms with E-state index in [1.165, 1.54) is 0 Å². The highest BCUT2D eigenvalue weighted by Gasteiger charge is 1.94. The van der Waals surface area contributed by atoms with Gasteiger partial charge in [0.25, 0.3) is 0 Å². The standard InChI is InChI=1S/C5H10O4/c1-2-7-4-9-5-8-3-6-1/h1-5H2. The molecule has 9 heavy (non-hydrogen) atoms. The van der Waals surface area contributed by atoms with Gasteiger partial charge in [-0.2, -0.15) is 0 Å². The van der Waals surface area contributed by atoms with Crippen LogP contribution in [0.2, 0.25) is 0 Å². The van der Waals surface area contributed by atoms with Crippen LogP contribution in [0.1, 0.15) is 0 Å². The molecule has 0 radical (unpaired) electrons. The van der Waals surface area contributed by atoms with Gasteiger partial charge in [0, 0.05) is 0 Å². The lowest BCUT2D eigenvalue weighted by molar-refractivity contribution is -0.141. The highest BCUT2D eigenvalue weighted by molar-refractivity contribution is 4.24. The molecule has 0 amide bonds. The van der Waals surface area contributed by atoms with Crippen molar-refractivity contribution in [1.29, 1.82) is 0 Å². The van der Waals surface area contributed by atoms with Crippen molar-refractivity contribution in [3.05, 3.63) is 0 Å². The fourth-order valence-corrected chi connectivity index (χ4v) is 0.481. The number of ether oxygens (including phenoxy) is 4. The van der Waals surface area contributed by atoms with Crippen LogP contribution in [0.25, 0.3) is 0 Å². The van der Waals surface area contributed by atoms with Gasteiger partial charge in [-0.15, -0.1) is 0 Å². The van der Waals surface area contributed by atoms with E-state index >= 15 is 0 Å². The smallest absolute Gasteiger partial charge is 0.152 e. The second-order valence-corrected chi connectivity index (χ2v) is 1.58. The Labute approximate surface area is 53.6 Å². The van der Waals surface area contributed by atoms with Crippen molar-refractivity contribution in [3.63, 3.8) is 0 Å². The van der Waals surface area contributed by atoms with Gasteiger partial charge in [0.2, 0.25) is 0 Å². The van der Waals surface area contributed by atoms with Crippen LogP contribution in [0.3, 0.4) is 0 Å². The van der Waals surface area contributed by atoms with E-state index in [1.807, 2.05) is 0 Å². The van der Waals surface area contributed by atoms with Crippen LogP contribution in [0.5, 0.6) is 0 Å². The summed E-state index contributed by atoms with van der Waals surface area (Å²) in [6.07, 6.45) is 0. The topological polar surface area (TPSA) is 36.9 Å². The summed E-state index contributed by atoms with van der Waals surface area (Å²) in [6, 6.07) is 0. The summed E-state index contributed by atoms with van der Waals surface area (Å²) < 4.78 is 19.5. The maximum atomic E-state index is 4.93. The van der Waals surface area contributed by atoms with Gasteiger partial charge in [-0.1, -0.05) is 0 Å². The zero-order valence-electron chi connectivity index (χ0n) is 5.17. The van der Waals surface area contributed by atoms with Gasteiger partial charge in [-0.3, -0.25) is 0 Å². The summed E-state index contributed by atoms with van der Waals surface area (Å²) in [6.45, 7) is 1.99. The highest BCUT2D eigenvalue weighted by atomic mass is 16.8. The van der Waals surface area contributed by atoms with Gasteiger partial charge in [-0.25, -0.2) is 0 Å². The molecule has 1 aliphatic rings. The monoisotopic (exact) mass is 134 g/mol. The molecule has 1 heterocycles. The van der Waals surface area contributed by atoms with Crippen LogP contribution in [0, 0.1) is 0 Å². The van der Waals surface area contributed by atoms with Gasteiger partial charge in [0.1, 0.15) is 13.6 Å². The second-order valence-electron chi connectivity index (χ2n) is 1.58. The molecule has 0 N–H and O–H groups in total. The average Bonchev–Trinajstić information content (AvgIpc) is 2.00. The molecule has 0 saturated carbocycles. The minimum atomic E-state index is 0.250. The average molecular weight is 134 g/mol. The van der Waals surface area contributed by atoms with E-state index < -0.39 is 0 Å². The van der Waals surface area contributed by atoms with E-state index in [-0.39, 0.29) is 6.79 Å². The summed E-state index contributed by atoms with van der Waals surface area (Å²) in [5.74, 6) is 0. The number of rotatable bonds is 0. The van der Waals surface area contributed by atoms with Crippen LogP contribution >= 0.6 is 0 Å². The third-order valence-corrected chi connectivity index (χ3v) is 0.872. The van der Waals surface area contributed by atoms with E-state index in [9.17, 15) is 0 Å². The summed E-state index contributed by atoms with van der Waals surface area (Å²) in [4.78, 5) is 0. The SMILES string of the molecule is C1COCOCOCO1. The fourth-order valence-electron chi connectivity index (χ4n) is 0.481. The Kier molecular flexibility index (Phi) is 3.63. The molecular formula is C5H10O4. The van der Waals surface area contributed by atoms with Crippen molar-refractivity contribution in [3.8, 4) is 0 Å². The molecule has 0 aliphatic carbocycles. The minimum absolute atomic E-state index is 0.250. The molecule has 0 spiro atoms. The van der Waals surface area contributed by atoms with Crippen LogP contribution in [0.4, 0.5) is 0 Å². The van der Waals surface area contributed by atoms with Crippen LogP contribution in [-0.2, 0) is 18.9 Å². The molecule has 0 unspecified atom stereocenters. The van der Waals surface area contributed by atoms with Crippen molar-refractivity contribution in [2.24, 2.45) is 0 Å². The van der Waals surface area contributed by atoms with Crippen molar-refractivity contribution in [1.82, 2.24) is 0 Å². The first-order valence-corrected chi connectivity index (χ1v) is 2.81. The predicted octanol–water partition coefficient (Wildman–Crippen LogP) is -0.0611. The first-order chi connectivity index (χ1) is 4.50. The molecule has 0 aromatic carbocycles. The predicted molar refractivity (Wildman–Crippen MR) is 28.7 cm³/mol. The molecule has 4 nitrogen and oxygen atoms in total. The van der Waals surface area contributed by atoms with Crippen molar-refractivity contribution in [2.75, 3.05) is 33.6 Å². The Morgan fingerprint density at radius 1 is 0.556 bits per heavy atom. The maximum Gasteiger partial charge on any atom is 0.152 e. The van der Waals surface area contributed by atoms with Gasteiger partial charge < -0.3 is 18.9 Å². The van der Waals surface area contributed by atoms with E-state index in [0.29, 0.717) is 26.8 Å². The number of hydrogen-bond acceptors (Lipinski definition) is 4. The lowest BCUT2D eigenvalue weighted by Gasteiger charge is -1.99. The largest absolute Gasteiger partial charge is 0.353 e. The molecule has 1 rings (SSSR count). The Morgan fingerprint density at radius 3 is 1.56 bits per heavy atom. The van der Waals surface area contributed by atoms with Crippen LogP contribution < -0.4 is 0 Å². The number of hydrogen-bond donors (Lipinski definition) is 0. The van der Waals surface area contributed by atoms with E-state index in [0.717, 1.165) is 0 Å². The van der Waals surface area contributed by atoms with E-state index in [4.69, 9.17) is 18.9 Å². The summed E-state index contributed by atoms with van der Waals surface area (Å²) in [7, 11) is 0. The highest BCUT2D eigenvalue weighted by Crippen LogP contribution is 1.86. The van der Waals surface area contributed by atoms with Gasteiger partial charge >= 0.3 is 0 Å². The van der Waals surface area contributed by atoms with Gasteiger partial charge in [0.05, 0.1) is 13.2 Å². The summed E-state index contributed by atoms with van der Waals surface area (Å²) in [5.41, 5.74) is 0. The summed E-state index contributed by atoms with van der Waals surface area (Å²) in [5, 5.41) is 0. The normalized spacial score (nSPS) is 24.0. The Hall–Kier alpha value is -0.160. The van der Waals surface area contributed by atoms with Crippen molar-refractivity contribution in [2.45, 2.75) is 0 Å². The molecule has 0 aromatic rings. The molecule has 0 atom stereocenters. The minimum Gasteiger partial charge on any atom is -0.353 e. The molecule has 0 bridgehead atoms. The molecule has 1 saturated heterocycles. The van der Waals surface area contributed by atoms with Crippen molar-refractivity contribution >= 4 is 0 Å². The molecule has 0 aromatic heterocycles. The van der Waals surface area contributed by atoms with Gasteiger partial charge in [-0.05, 0) is 0 Å². The zero-order valence-corrected chi connectivity index (χ0v) is 5.17. The zero-order chi connectivity index (χ0) is 6.36. The third-order valence-electron chi connectivity index (χ3n) is 0.872. The van der Waals surface area contributed by atoms with E-state index in [1.54, 1.807) is 0 Å². The lowest BCUT2D eigenvalue weighted by Crippen LogP contribution is -2.03. The Balaban J connectivity index is 2.02. The maximum absolute atomic E-state index is 4.93. The first-order valence-electron chi connectivity index (χ1n) is 2.81. The quantitative estimate of drug-likeness (QED) is 0.465. The van der Waals surface area contributed by atoms with Crippen LogP contribution in [0.15, 0.2) is 0 Å². The summed E-state index contributed by atoms with van der Waals surface area (Å²) >= 11 is 0. The second kappa shape index (κ2) is 4.69. The van der Waals surface area contributed by atoms with Crippen LogP contribution in [-0.4, -0.2) is 33.6 Å². The van der Waals surface area contributed by atoms with Gasteiger partial charge in [0.15, 0.2) is 6.79 Å².